The Morgan fingerprint density at radius 2 is 2.47 bits per heavy atom. The lowest BCUT2D eigenvalue weighted by atomic mass is 10.2. The number of methoxy groups -OCH3 is 1. The molecule has 0 aliphatic carbocycles. The molecule has 1 heterocycles. The van der Waals surface area contributed by atoms with Crippen LogP contribution in [0.3, 0.4) is 0 Å². The van der Waals surface area contributed by atoms with Gasteiger partial charge in [-0.3, -0.25) is 9.89 Å². The SMILES string of the molecule is COC(CN)C(=O)Nc1ccc2cn[nH]c2c1. The molecule has 1 aromatic carbocycles. The summed E-state index contributed by atoms with van der Waals surface area (Å²) in [5, 5.41) is 10.5. The van der Waals surface area contributed by atoms with Gasteiger partial charge in [0.05, 0.1) is 11.7 Å². The molecule has 90 valence electrons. The van der Waals surface area contributed by atoms with Crippen LogP contribution in [0.5, 0.6) is 0 Å². The van der Waals surface area contributed by atoms with Crippen molar-refractivity contribution in [3.05, 3.63) is 24.4 Å². The van der Waals surface area contributed by atoms with Gasteiger partial charge in [-0.1, -0.05) is 0 Å². The van der Waals surface area contributed by atoms with Crippen LogP contribution in [0.2, 0.25) is 0 Å². The molecule has 0 saturated carbocycles. The molecule has 0 bridgehead atoms. The molecule has 0 aliphatic rings. The van der Waals surface area contributed by atoms with E-state index in [4.69, 9.17) is 10.5 Å². The summed E-state index contributed by atoms with van der Waals surface area (Å²) in [5.74, 6) is -0.256. The Morgan fingerprint density at radius 1 is 1.65 bits per heavy atom. The van der Waals surface area contributed by atoms with Crippen LogP contribution in [-0.2, 0) is 9.53 Å². The fraction of sp³-hybridized carbons (Fsp3) is 0.273. The van der Waals surface area contributed by atoms with E-state index >= 15 is 0 Å². The van der Waals surface area contributed by atoms with Crippen LogP contribution in [0.25, 0.3) is 10.9 Å². The van der Waals surface area contributed by atoms with Crippen molar-refractivity contribution in [2.75, 3.05) is 19.0 Å². The number of hydrogen-bond donors (Lipinski definition) is 3. The molecule has 6 nitrogen and oxygen atoms in total. The van der Waals surface area contributed by atoms with Crippen molar-refractivity contribution >= 4 is 22.5 Å². The average molecular weight is 234 g/mol. The van der Waals surface area contributed by atoms with Gasteiger partial charge in [0.15, 0.2) is 0 Å². The van der Waals surface area contributed by atoms with E-state index in [-0.39, 0.29) is 12.5 Å². The van der Waals surface area contributed by atoms with Crippen molar-refractivity contribution in [2.45, 2.75) is 6.10 Å². The quantitative estimate of drug-likeness (QED) is 0.717. The largest absolute Gasteiger partial charge is 0.370 e. The number of fused-ring (bicyclic) bond motifs is 1. The first kappa shape index (κ1) is 11.6. The molecular weight excluding hydrogens is 220 g/mol. The van der Waals surface area contributed by atoms with Crippen LogP contribution < -0.4 is 11.1 Å². The number of nitrogens with zero attached hydrogens (tertiary/aromatic N) is 1. The van der Waals surface area contributed by atoms with Gasteiger partial charge in [-0.25, -0.2) is 0 Å². The highest BCUT2D eigenvalue weighted by Crippen LogP contribution is 2.16. The third-order valence-electron chi connectivity index (χ3n) is 2.50. The molecular formula is C11H14N4O2. The number of amides is 1. The third kappa shape index (κ3) is 2.43. The number of rotatable bonds is 4. The maximum absolute atomic E-state index is 11.7. The molecule has 4 N–H and O–H groups in total. The highest BCUT2D eigenvalue weighted by molar-refractivity contribution is 5.96. The zero-order chi connectivity index (χ0) is 12.3. The first-order chi connectivity index (χ1) is 8.24. The van der Waals surface area contributed by atoms with E-state index in [0.717, 1.165) is 10.9 Å². The van der Waals surface area contributed by atoms with E-state index in [1.165, 1.54) is 7.11 Å². The number of carbonyl (C=O) groups is 1. The Bertz CT molecular complexity index is 519. The summed E-state index contributed by atoms with van der Waals surface area (Å²) in [4.78, 5) is 11.7. The first-order valence-corrected chi connectivity index (χ1v) is 5.21. The number of benzene rings is 1. The van der Waals surface area contributed by atoms with Crippen LogP contribution >= 0.6 is 0 Å². The smallest absolute Gasteiger partial charge is 0.254 e. The van der Waals surface area contributed by atoms with Crippen molar-refractivity contribution in [1.29, 1.82) is 0 Å². The predicted octanol–water partition coefficient (Wildman–Crippen LogP) is 0.475. The molecule has 1 aromatic heterocycles. The molecule has 6 heteroatoms. The van der Waals surface area contributed by atoms with Crippen molar-refractivity contribution in [2.24, 2.45) is 5.73 Å². The maximum atomic E-state index is 11.7. The molecule has 0 spiro atoms. The zero-order valence-corrected chi connectivity index (χ0v) is 9.43. The standard InChI is InChI=1S/C11H14N4O2/c1-17-10(5-12)11(16)14-8-3-2-7-6-13-15-9(7)4-8/h2-4,6,10H,5,12H2,1H3,(H,13,15)(H,14,16). The molecule has 1 unspecified atom stereocenters. The first-order valence-electron chi connectivity index (χ1n) is 5.21. The molecule has 0 fully saturated rings. The Morgan fingerprint density at radius 3 is 3.18 bits per heavy atom. The summed E-state index contributed by atoms with van der Waals surface area (Å²) in [6.45, 7) is 0.147. The van der Waals surface area contributed by atoms with Crippen LogP contribution in [0.4, 0.5) is 5.69 Å². The van der Waals surface area contributed by atoms with Crippen molar-refractivity contribution in [3.8, 4) is 0 Å². The van der Waals surface area contributed by atoms with Crippen molar-refractivity contribution in [1.82, 2.24) is 10.2 Å². The summed E-state index contributed by atoms with van der Waals surface area (Å²) in [6.07, 6.45) is 1.09. The van der Waals surface area contributed by atoms with E-state index < -0.39 is 6.10 Å². The van der Waals surface area contributed by atoms with E-state index in [1.54, 1.807) is 12.3 Å². The molecule has 2 rings (SSSR count). The van der Waals surface area contributed by atoms with Gasteiger partial charge in [-0.15, -0.1) is 0 Å². The van der Waals surface area contributed by atoms with Gasteiger partial charge < -0.3 is 15.8 Å². The Hall–Kier alpha value is -1.92. The number of nitrogens with one attached hydrogen (secondary N) is 2. The van der Waals surface area contributed by atoms with Gasteiger partial charge in [0.25, 0.3) is 5.91 Å². The lowest BCUT2D eigenvalue weighted by Gasteiger charge is -2.12. The molecule has 0 saturated heterocycles. The van der Waals surface area contributed by atoms with Crippen LogP contribution in [0, 0.1) is 0 Å². The predicted molar refractivity (Wildman–Crippen MR) is 64.6 cm³/mol. The molecule has 17 heavy (non-hydrogen) atoms. The topological polar surface area (TPSA) is 93.0 Å². The highest BCUT2D eigenvalue weighted by Gasteiger charge is 2.15. The summed E-state index contributed by atoms with van der Waals surface area (Å²) >= 11 is 0. The van der Waals surface area contributed by atoms with Gasteiger partial charge in [-0.2, -0.15) is 5.10 Å². The Kier molecular flexibility index (Phi) is 3.36. The maximum Gasteiger partial charge on any atom is 0.254 e. The molecule has 0 radical (unpaired) electrons. The van der Waals surface area contributed by atoms with E-state index in [1.807, 2.05) is 12.1 Å². The summed E-state index contributed by atoms with van der Waals surface area (Å²) in [6, 6.07) is 5.49. The Balaban J connectivity index is 2.14. The van der Waals surface area contributed by atoms with Crippen LogP contribution in [0.15, 0.2) is 24.4 Å². The molecule has 0 aliphatic heterocycles. The van der Waals surface area contributed by atoms with Crippen LogP contribution in [0.1, 0.15) is 0 Å². The van der Waals surface area contributed by atoms with E-state index in [0.29, 0.717) is 5.69 Å². The summed E-state index contributed by atoms with van der Waals surface area (Å²) in [7, 11) is 1.45. The minimum Gasteiger partial charge on any atom is -0.370 e. The molecule has 1 atom stereocenters. The Labute approximate surface area is 98.1 Å². The normalized spacial score (nSPS) is 12.6. The number of anilines is 1. The zero-order valence-electron chi connectivity index (χ0n) is 9.43. The second kappa shape index (κ2) is 4.94. The fourth-order valence-electron chi connectivity index (χ4n) is 1.55. The minimum absolute atomic E-state index is 0.147. The molecule has 2 aromatic rings. The van der Waals surface area contributed by atoms with E-state index in [2.05, 4.69) is 15.5 Å². The lowest BCUT2D eigenvalue weighted by molar-refractivity contribution is -0.125. The van der Waals surface area contributed by atoms with E-state index in [9.17, 15) is 4.79 Å². The van der Waals surface area contributed by atoms with Crippen molar-refractivity contribution in [3.63, 3.8) is 0 Å². The number of hydrogen-bond acceptors (Lipinski definition) is 4. The second-order valence-electron chi connectivity index (χ2n) is 3.62. The van der Waals surface area contributed by atoms with Gasteiger partial charge >= 0.3 is 0 Å². The van der Waals surface area contributed by atoms with Crippen molar-refractivity contribution < 1.29 is 9.53 Å². The van der Waals surface area contributed by atoms with Gasteiger partial charge in [0.2, 0.25) is 0 Å². The number of H-pyrrole nitrogens is 1. The van der Waals surface area contributed by atoms with Crippen LogP contribution in [-0.4, -0.2) is 35.9 Å². The lowest BCUT2D eigenvalue weighted by Crippen LogP contribution is -2.35. The number of aromatic nitrogens is 2. The third-order valence-corrected chi connectivity index (χ3v) is 2.50. The minimum atomic E-state index is -0.632. The van der Waals surface area contributed by atoms with Gasteiger partial charge in [0, 0.05) is 24.7 Å². The van der Waals surface area contributed by atoms with Gasteiger partial charge in [-0.05, 0) is 18.2 Å². The summed E-state index contributed by atoms with van der Waals surface area (Å²) in [5.41, 5.74) is 6.96. The van der Waals surface area contributed by atoms with Gasteiger partial charge in [0.1, 0.15) is 6.10 Å². The number of ether oxygens (including phenoxy) is 1. The fourth-order valence-corrected chi connectivity index (χ4v) is 1.55. The average Bonchev–Trinajstić information content (AvgIpc) is 2.77. The number of nitrogens with two attached hydrogens (primary N) is 1. The number of carbonyl (C=O) groups excluding carboxylic acids is 1. The monoisotopic (exact) mass is 234 g/mol. The number of aromatic amines is 1. The molecule has 1 amide bonds. The summed E-state index contributed by atoms with van der Waals surface area (Å²) < 4.78 is 4.95. The highest BCUT2D eigenvalue weighted by atomic mass is 16.5. The second-order valence-corrected chi connectivity index (χ2v) is 3.62.